The van der Waals surface area contributed by atoms with Crippen LogP contribution in [0.5, 0.6) is 11.5 Å². The Labute approximate surface area is 138 Å². The lowest BCUT2D eigenvalue weighted by atomic mass is 9.92. The molecule has 0 spiro atoms. The maximum Gasteiger partial charge on any atom is 0.295 e. The van der Waals surface area contributed by atoms with Crippen molar-refractivity contribution < 1.29 is 19.2 Å². The van der Waals surface area contributed by atoms with Crippen LogP contribution in [-0.2, 0) is 4.79 Å². The molecule has 1 atom stereocenters. The molecule has 6 heteroatoms. The number of para-hydroxylation sites is 1. The summed E-state index contributed by atoms with van der Waals surface area (Å²) in [4.78, 5) is 22.4. The number of carbonyl (C=O) groups is 1. The number of fused-ring (bicyclic) bond motifs is 1. The van der Waals surface area contributed by atoms with Crippen LogP contribution in [0, 0.1) is 10.1 Å². The normalized spacial score (nSPS) is 16.1. The predicted octanol–water partition coefficient (Wildman–Crippen LogP) is 3.41. The Morgan fingerprint density at radius 2 is 1.96 bits per heavy atom. The van der Waals surface area contributed by atoms with Crippen molar-refractivity contribution in [2.45, 2.75) is 12.5 Å². The number of nitrogens with zero attached hydrogens (tertiary/aromatic N) is 1. The summed E-state index contributed by atoms with van der Waals surface area (Å²) in [6.45, 7) is 0. The van der Waals surface area contributed by atoms with Crippen LogP contribution in [0.25, 0.3) is 5.57 Å². The van der Waals surface area contributed by atoms with Gasteiger partial charge in [0.05, 0.1) is 12.0 Å². The molecule has 3 rings (SSSR count). The monoisotopic (exact) mass is 325 g/mol. The second-order valence-electron chi connectivity index (χ2n) is 5.24. The van der Waals surface area contributed by atoms with Gasteiger partial charge in [-0.3, -0.25) is 10.1 Å². The highest BCUT2D eigenvalue weighted by Crippen LogP contribution is 2.47. The molecule has 0 amide bonds. The number of methoxy groups -OCH3 is 1. The van der Waals surface area contributed by atoms with Gasteiger partial charge in [0, 0.05) is 23.1 Å². The highest BCUT2D eigenvalue weighted by molar-refractivity contribution is 5.84. The van der Waals surface area contributed by atoms with Gasteiger partial charge in [-0.25, -0.2) is 0 Å². The molecular weight excluding hydrogens is 310 g/mol. The van der Waals surface area contributed by atoms with E-state index in [1.54, 1.807) is 42.5 Å². The minimum atomic E-state index is -0.903. The Bertz CT molecular complexity index is 813. The van der Waals surface area contributed by atoms with Crippen LogP contribution in [0.4, 0.5) is 0 Å². The van der Waals surface area contributed by atoms with Crippen LogP contribution < -0.4 is 9.47 Å². The van der Waals surface area contributed by atoms with Crippen LogP contribution in [0.1, 0.15) is 23.7 Å². The first-order valence-electron chi connectivity index (χ1n) is 7.37. The van der Waals surface area contributed by atoms with E-state index in [0.29, 0.717) is 34.5 Å². The summed E-state index contributed by atoms with van der Waals surface area (Å²) in [6, 6.07) is 14.0. The third-order valence-corrected chi connectivity index (χ3v) is 3.90. The van der Waals surface area contributed by atoms with E-state index in [-0.39, 0.29) is 12.1 Å². The van der Waals surface area contributed by atoms with Crippen molar-refractivity contribution in [2.75, 3.05) is 7.11 Å². The van der Waals surface area contributed by atoms with Crippen LogP contribution in [0.3, 0.4) is 0 Å². The molecule has 0 aliphatic carbocycles. The van der Waals surface area contributed by atoms with Gasteiger partial charge in [0.2, 0.25) is 6.10 Å². The lowest BCUT2D eigenvalue weighted by Crippen LogP contribution is -2.23. The van der Waals surface area contributed by atoms with Crippen LogP contribution in [-0.4, -0.2) is 18.3 Å². The minimum Gasteiger partial charge on any atom is -0.493 e. The average molecular weight is 325 g/mol. The Morgan fingerprint density at radius 3 is 2.58 bits per heavy atom. The van der Waals surface area contributed by atoms with E-state index in [1.165, 1.54) is 7.11 Å². The van der Waals surface area contributed by atoms with E-state index >= 15 is 0 Å². The number of nitro groups is 1. The zero-order valence-electron chi connectivity index (χ0n) is 13.0. The molecule has 1 heterocycles. The summed E-state index contributed by atoms with van der Waals surface area (Å²) in [5.41, 5.74) is 1.39. The second kappa shape index (κ2) is 6.54. The van der Waals surface area contributed by atoms with Gasteiger partial charge in [-0.1, -0.05) is 42.5 Å². The van der Waals surface area contributed by atoms with Gasteiger partial charge in [0.25, 0.3) is 5.70 Å². The van der Waals surface area contributed by atoms with Crippen LogP contribution >= 0.6 is 0 Å². The first-order valence-corrected chi connectivity index (χ1v) is 7.37. The highest BCUT2D eigenvalue weighted by Gasteiger charge is 2.39. The largest absolute Gasteiger partial charge is 0.493 e. The number of hydrogen-bond acceptors (Lipinski definition) is 5. The summed E-state index contributed by atoms with van der Waals surface area (Å²) in [5, 5.41) is 11.7. The van der Waals surface area contributed by atoms with Gasteiger partial charge >= 0.3 is 0 Å². The van der Waals surface area contributed by atoms with E-state index in [9.17, 15) is 14.9 Å². The molecule has 0 bridgehead atoms. The summed E-state index contributed by atoms with van der Waals surface area (Å²) in [7, 11) is 1.50. The fourth-order valence-corrected chi connectivity index (χ4v) is 2.86. The van der Waals surface area contributed by atoms with E-state index in [1.807, 2.05) is 6.07 Å². The number of aldehydes is 1. The van der Waals surface area contributed by atoms with Crippen molar-refractivity contribution in [3.8, 4) is 11.5 Å². The summed E-state index contributed by atoms with van der Waals surface area (Å²) < 4.78 is 11.3. The molecule has 0 radical (unpaired) electrons. The smallest absolute Gasteiger partial charge is 0.295 e. The SMILES string of the molecule is COc1cccc2c1O[C@@H](c1ccccc1)C([N+](=O)[O-])=C2CC=O. The molecule has 0 fully saturated rings. The number of hydrogen-bond donors (Lipinski definition) is 0. The maximum absolute atomic E-state index is 11.7. The molecule has 0 N–H and O–H groups in total. The molecule has 0 saturated heterocycles. The van der Waals surface area contributed by atoms with Crippen molar-refractivity contribution in [2.24, 2.45) is 0 Å². The molecule has 1 aliphatic heterocycles. The lowest BCUT2D eigenvalue weighted by Gasteiger charge is -2.27. The van der Waals surface area contributed by atoms with Crippen molar-refractivity contribution in [1.29, 1.82) is 0 Å². The van der Waals surface area contributed by atoms with Crippen molar-refractivity contribution in [3.05, 3.63) is 75.5 Å². The van der Waals surface area contributed by atoms with Crippen molar-refractivity contribution in [1.82, 2.24) is 0 Å². The summed E-state index contributed by atoms with van der Waals surface area (Å²) >= 11 is 0. The molecule has 0 aromatic heterocycles. The Balaban J connectivity index is 2.27. The topological polar surface area (TPSA) is 78.7 Å². The summed E-state index contributed by atoms with van der Waals surface area (Å²) in [5.74, 6) is 0.885. The third kappa shape index (κ3) is 2.62. The number of benzene rings is 2. The van der Waals surface area contributed by atoms with Gasteiger partial charge in [-0.05, 0) is 6.07 Å². The van der Waals surface area contributed by atoms with E-state index in [4.69, 9.17) is 9.47 Å². The number of carbonyl (C=O) groups excluding carboxylic acids is 1. The molecule has 2 aromatic rings. The molecular formula is C18H15NO5. The Morgan fingerprint density at radius 1 is 1.21 bits per heavy atom. The highest BCUT2D eigenvalue weighted by atomic mass is 16.6. The lowest BCUT2D eigenvalue weighted by molar-refractivity contribution is -0.435. The van der Waals surface area contributed by atoms with E-state index in [0.717, 1.165) is 0 Å². The first kappa shape index (κ1) is 15.7. The molecule has 6 nitrogen and oxygen atoms in total. The first-order chi connectivity index (χ1) is 11.7. The van der Waals surface area contributed by atoms with Gasteiger partial charge < -0.3 is 14.3 Å². The standard InChI is InChI=1S/C18H15NO5/c1-23-15-9-5-8-14-13(10-11-20)16(19(21)22)17(24-18(14)15)12-6-3-2-4-7-12/h2-9,11,17H,10H2,1H3/t17-/m0/s1. The van der Waals surface area contributed by atoms with Gasteiger partial charge in [0.1, 0.15) is 6.29 Å². The van der Waals surface area contributed by atoms with Gasteiger partial charge in [-0.15, -0.1) is 0 Å². The summed E-state index contributed by atoms with van der Waals surface area (Å²) in [6.07, 6.45) is -0.307. The third-order valence-electron chi connectivity index (χ3n) is 3.90. The van der Waals surface area contributed by atoms with E-state index in [2.05, 4.69) is 0 Å². The Hall–Kier alpha value is -3.15. The quantitative estimate of drug-likeness (QED) is 0.478. The fraction of sp³-hybridized carbons (Fsp3) is 0.167. The zero-order valence-corrected chi connectivity index (χ0v) is 13.0. The Kier molecular flexibility index (Phi) is 4.29. The molecule has 0 saturated carbocycles. The molecule has 2 aromatic carbocycles. The second-order valence-corrected chi connectivity index (χ2v) is 5.24. The van der Waals surface area contributed by atoms with Crippen LogP contribution in [0.2, 0.25) is 0 Å². The molecule has 122 valence electrons. The minimum absolute atomic E-state index is 0.0663. The predicted molar refractivity (Wildman–Crippen MR) is 87.4 cm³/mol. The molecule has 0 unspecified atom stereocenters. The van der Waals surface area contributed by atoms with Gasteiger partial charge in [0.15, 0.2) is 11.5 Å². The number of rotatable bonds is 5. The number of allylic oxidation sites excluding steroid dienone is 1. The van der Waals surface area contributed by atoms with E-state index < -0.39 is 11.0 Å². The van der Waals surface area contributed by atoms with Crippen molar-refractivity contribution >= 4 is 11.9 Å². The maximum atomic E-state index is 11.7. The fourth-order valence-electron chi connectivity index (χ4n) is 2.86. The van der Waals surface area contributed by atoms with Gasteiger partial charge in [-0.2, -0.15) is 0 Å². The van der Waals surface area contributed by atoms with Crippen molar-refractivity contribution in [3.63, 3.8) is 0 Å². The molecule has 1 aliphatic rings. The average Bonchev–Trinajstić information content (AvgIpc) is 2.61. The molecule has 24 heavy (non-hydrogen) atoms. The van der Waals surface area contributed by atoms with Crippen LogP contribution in [0.15, 0.2) is 54.2 Å². The zero-order chi connectivity index (χ0) is 17.1. The number of ether oxygens (including phenoxy) is 2.